The van der Waals surface area contributed by atoms with Gasteiger partial charge < -0.3 is 13.9 Å². The maximum Gasteiger partial charge on any atom is 0.339 e. The standard InChI is InChI=1S/C24H23NO4/c26-24(29-15-18-6-3-4-12-28-18)22-19-8-1-2-9-21(19)25-23-16(10-11-20(22)23)14-17-7-5-13-27-17/h1-2,5,7-9,13-14,18H,3-4,6,10-12,15H2/b16-14+. The minimum atomic E-state index is -0.284. The highest BCUT2D eigenvalue weighted by molar-refractivity contribution is 6.07. The van der Waals surface area contributed by atoms with E-state index in [-0.39, 0.29) is 12.1 Å². The first-order chi connectivity index (χ1) is 14.3. The van der Waals surface area contributed by atoms with Crippen LogP contribution in [-0.4, -0.2) is 30.3 Å². The SMILES string of the molecule is O=C(OCC1CCCCO1)c1c2c(nc3ccccc13)/C(=C/c1ccco1)CC2. The third kappa shape index (κ3) is 3.58. The summed E-state index contributed by atoms with van der Waals surface area (Å²) in [5.41, 5.74) is 4.38. The summed E-state index contributed by atoms with van der Waals surface area (Å²) in [5.74, 6) is 0.509. The zero-order chi connectivity index (χ0) is 19.6. The van der Waals surface area contributed by atoms with Crippen molar-refractivity contribution in [3.63, 3.8) is 0 Å². The smallest absolute Gasteiger partial charge is 0.339 e. The van der Waals surface area contributed by atoms with Gasteiger partial charge in [0, 0.05) is 12.0 Å². The van der Waals surface area contributed by atoms with Gasteiger partial charge in [-0.15, -0.1) is 0 Å². The Labute approximate surface area is 169 Å². The van der Waals surface area contributed by atoms with E-state index in [2.05, 4.69) is 0 Å². The first-order valence-electron chi connectivity index (χ1n) is 10.2. The predicted molar refractivity (Wildman–Crippen MR) is 111 cm³/mol. The van der Waals surface area contributed by atoms with E-state index in [1.165, 1.54) is 0 Å². The van der Waals surface area contributed by atoms with Gasteiger partial charge in [-0.2, -0.15) is 0 Å². The fourth-order valence-electron chi connectivity index (χ4n) is 4.24. The van der Waals surface area contributed by atoms with Gasteiger partial charge in [-0.05, 0) is 67.5 Å². The van der Waals surface area contributed by atoms with Crippen LogP contribution in [0.3, 0.4) is 0 Å². The van der Waals surface area contributed by atoms with Crippen molar-refractivity contribution in [2.45, 2.75) is 38.2 Å². The maximum absolute atomic E-state index is 13.1. The third-order valence-corrected chi connectivity index (χ3v) is 5.68. The summed E-state index contributed by atoms with van der Waals surface area (Å²) >= 11 is 0. The summed E-state index contributed by atoms with van der Waals surface area (Å²) < 4.78 is 16.9. The Morgan fingerprint density at radius 1 is 1.17 bits per heavy atom. The van der Waals surface area contributed by atoms with Gasteiger partial charge in [0.25, 0.3) is 0 Å². The number of rotatable bonds is 4. The average molecular weight is 389 g/mol. The molecule has 5 nitrogen and oxygen atoms in total. The fourth-order valence-corrected chi connectivity index (χ4v) is 4.24. The van der Waals surface area contributed by atoms with Gasteiger partial charge in [-0.1, -0.05) is 18.2 Å². The minimum absolute atomic E-state index is 0.00302. The third-order valence-electron chi connectivity index (χ3n) is 5.68. The average Bonchev–Trinajstić information content (AvgIpc) is 3.42. The van der Waals surface area contributed by atoms with Crippen LogP contribution in [0.5, 0.6) is 0 Å². The van der Waals surface area contributed by atoms with Crippen LogP contribution in [0.4, 0.5) is 0 Å². The molecule has 0 amide bonds. The highest BCUT2D eigenvalue weighted by atomic mass is 16.6. The lowest BCUT2D eigenvalue weighted by molar-refractivity contribution is -0.0300. The molecule has 1 aliphatic heterocycles. The Kier molecular flexibility index (Phi) is 4.90. The highest BCUT2D eigenvalue weighted by Crippen LogP contribution is 2.37. The van der Waals surface area contributed by atoms with Crippen LogP contribution in [-0.2, 0) is 15.9 Å². The Morgan fingerprint density at radius 3 is 2.93 bits per heavy atom. The van der Waals surface area contributed by atoms with Crippen LogP contribution >= 0.6 is 0 Å². The molecule has 1 saturated heterocycles. The predicted octanol–water partition coefficient (Wildman–Crippen LogP) is 5.04. The van der Waals surface area contributed by atoms with Crippen molar-refractivity contribution in [3.05, 3.63) is 65.2 Å². The summed E-state index contributed by atoms with van der Waals surface area (Å²) in [6, 6.07) is 11.6. The molecule has 5 heteroatoms. The van der Waals surface area contributed by atoms with Gasteiger partial charge in [-0.3, -0.25) is 0 Å². The molecule has 0 saturated carbocycles. The van der Waals surface area contributed by atoms with Crippen LogP contribution in [0.1, 0.15) is 53.1 Å². The lowest BCUT2D eigenvalue weighted by Crippen LogP contribution is -2.26. The highest BCUT2D eigenvalue weighted by Gasteiger charge is 2.28. The van der Waals surface area contributed by atoms with E-state index in [1.807, 2.05) is 42.5 Å². The van der Waals surface area contributed by atoms with Gasteiger partial charge in [0.2, 0.25) is 0 Å². The number of aromatic nitrogens is 1. The number of fused-ring (bicyclic) bond motifs is 2. The van der Waals surface area contributed by atoms with Crippen LogP contribution in [0.2, 0.25) is 0 Å². The molecule has 0 spiro atoms. The second kappa shape index (κ2) is 7.84. The van der Waals surface area contributed by atoms with E-state index < -0.39 is 0 Å². The Hall–Kier alpha value is -2.92. The minimum Gasteiger partial charge on any atom is -0.465 e. The van der Waals surface area contributed by atoms with E-state index in [4.69, 9.17) is 18.9 Å². The lowest BCUT2D eigenvalue weighted by atomic mass is 10.0. The van der Waals surface area contributed by atoms with Crippen molar-refractivity contribution < 1.29 is 18.7 Å². The molecule has 2 aromatic heterocycles. The number of allylic oxidation sites excluding steroid dienone is 1. The van der Waals surface area contributed by atoms with Crippen molar-refractivity contribution >= 4 is 28.5 Å². The van der Waals surface area contributed by atoms with Crippen molar-refractivity contribution in [2.24, 2.45) is 0 Å². The molecule has 29 heavy (non-hydrogen) atoms. The van der Waals surface area contributed by atoms with Crippen LogP contribution in [0, 0.1) is 0 Å². The summed E-state index contributed by atoms with van der Waals surface area (Å²) in [6.45, 7) is 1.05. The first kappa shape index (κ1) is 18.1. The zero-order valence-corrected chi connectivity index (χ0v) is 16.2. The van der Waals surface area contributed by atoms with Crippen molar-refractivity contribution in [1.82, 2.24) is 4.98 Å². The summed E-state index contributed by atoms with van der Waals surface area (Å²) in [4.78, 5) is 18.0. The van der Waals surface area contributed by atoms with Crippen LogP contribution in [0.25, 0.3) is 22.6 Å². The number of carbonyl (C=O) groups excluding carboxylic acids is 1. The number of esters is 1. The molecule has 0 N–H and O–H groups in total. The normalized spacial score (nSPS) is 20.1. The summed E-state index contributed by atoms with van der Waals surface area (Å²) in [7, 11) is 0. The fraction of sp³-hybridized carbons (Fsp3) is 0.333. The zero-order valence-electron chi connectivity index (χ0n) is 16.2. The number of ether oxygens (including phenoxy) is 2. The second-order valence-electron chi connectivity index (χ2n) is 7.60. The maximum atomic E-state index is 13.1. The Bertz CT molecular complexity index is 1060. The largest absolute Gasteiger partial charge is 0.465 e. The molecule has 0 bridgehead atoms. The van der Waals surface area contributed by atoms with Gasteiger partial charge in [-0.25, -0.2) is 9.78 Å². The van der Waals surface area contributed by atoms with Gasteiger partial charge in [0.15, 0.2) is 0 Å². The quantitative estimate of drug-likeness (QED) is 0.585. The van der Waals surface area contributed by atoms with E-state index in [0.29, 0.717) is 12.2 Å². The monoisotopic (exact) mass is 389 g/mol. The van der Waals surface area contributed by atoms with E-state index >= 15 is 0 Å². The summed E-state index contributed by atoms with van der Waals surface area (Å²) in [5, 5.41) is 0.847. The molecular formula is C24H23NO4. The Balaban J connectivity index is 1.51. The molecule has 1 atom stereocenters. The number of furan rings is 1. The molecule has 148 valence electrons. The second-order valence-corrected chi connectivity index (χ2v) is 7.60. The number of pyridine rings is 1. The number of carbonyl (C=O) groups is 1. The van der Waals surface area contributed by atoms with Crippen molar-refractivity contribution in [3.8, 4) is 0 Å². The molecule has 3 aromatic rings. The molecule has 5 rings (SSSR count). The van der Waals surface area contributed by atoms with Crippen molar-refractivity contribution in [1.29, 1.82) is 0 Å². The molecule has 1 aromatic carbocycles. The number of hydrogen-bond acceptors (Lipinski definition) is 5. The topological polar surface area (TPSA) is 61.6 Å². The molecule has 1 fully saturated rings. The van der Waals surface area contributed by atoms with Gasteiger partial charge in [0.05, 0.1) is 29.1 Å². The lowest BCUT2D eigenvalue weighted by Gasteiger charge is -2.22. The number of benzene rings is 1. The molecule has 0 radical (unpaired) electrons. The first-order valence-corrected chi connectivity index (χ1v) is 10.2. The van der Waals surface area contributed by atoms with Crippen LogP contribution < -0.4 is 0 Å². The molecule has 1 aliphatic carbocycles. The van der Waals surface area contributed by atoms with Gasteiger partial charge in [0.1, 0.15) is 12.4 Å². The van der Waals surface area contributed by atoms with Crippen molar-refractivity contribution in [2.75, 3.05) is 13.2 Å². The molecule has 2 aliphatic rings. The Morgan fingerprint density at radius 2 is 2.10 bits per heavy atom. The number of nitrogens with zero attached hydrogens (tertiary/aromatic N) is 1. The van der Waals surface area contributed by atoms with E-state index in [9.17, 15) is 4.79 Å². The van der Waals surface area contributed by atoms with E-state index in [0.717, 1.165) is 72.2 Å². The number of para-hydroxylation sites is 1. The molecule has 3 heterocycles. The van der Waals surface area contributed by atoms with E-state index in [1.54, 1.807) is 6.26 Å². The molecule has 1 unspecified atom stereocenters. The molecular weight excluding hydrogens is 366 g/mol. The van der Waals surface area contributed by atoms with Crippen LogP contribution in [0.15, 0.2) is 47.1 Å². The number of hydrogen-bond donors (Lipinski definition) is 0. The van der Waals surface area contributed by atoms with Gasteiger partial charge >= 0.3 is 5.97 Å². The summed E-state index contributed by atoms with van der Waals surface area (Å²) in [6.07, 6.45) is 8.41.